The van der Waals surface area contributed by atoms with Crippen LogP contribution in [0.3, 0.4) is 0 Å². The van der Waals surface area contributed by atoms with Crippen molar-refractivity contribution in [2.75, 3.05) is 13.4 Å². The minimum atomic E-state index is -0.559. The maximum Gasteiger partial charge on any atom is 0.338 e. The number of rotatable bonds is 6. The van der Waals surface area contributed by atoms with Gasteiger partial charge in [-0.15, -0.1) is 0 Å². The minimum Gasteiger partial charge on any atom is -0.454 e. The molecule has 0 aliphatic carbocycles. The Morgan fingerprint density at radius 2 is 1.80 bits per heavy atom. The van der Waals surface area contributed by atoms with E-state index in [-0.39, 0.29) is 19.2 Å². The third-order valence-electron chi connectivity index (χ3n) is 4.21. The maximum atomic E-state index is 12.5. The lowest BCUT2D eigenvalue weighted by Gasteiger charge is -2.10. The van der Waals surface area contributed by atoms with Crippen LogP contribution in [0.5, 0.6) is 11.5 Å². The van der Waals surface area contributed by atoms with Crippen LogP contribution in [0.15, 0.2) is 36.4 Å². The van der Waals surface area contributed by atoms with Crippen LogP contribution < -0.4 is 9.47 Å². The number of Topliss-reactive ketones (excluding diaryl/α,β-unsaturated/α-hetero) is 1. The van der Waals surface area contributed by atoms with Crippen LogP contribution in [0.1, 0.15) is 45.7 Å². The summed E-state index contributed by atoms with van der Waals surface area (Å²) in [6.07, 6.45) is 1.60. The Kier molecular flexibility index (Phi) is 5.03. The first-order valence-corrected chi connectivity index (χ1v) is 8.34. The SMILES string of the molecule is CCc1ccc(CC)c(C(=O)COC(=O)c2ccc3c(c2)OCO3)c1. The quantitative estimate of drug-likeness (QED) is 0.594. The van der Waals surface area contributed by atoms with E-state index in [2.05, 4.69) is 0 Å². The Balaban J connectivity index is 1.69. The molecule has 0 radical (unpaired) electrons. The summed E-state index contributed by atoms with van der Waals surface area (Å²) in [5.41, 5.74) is 3.00. The number of carbonyl (C=O) groups excluding carboxylic acids is 2. The molecule has 0 atom stereocenters. The van der Waals surface area contributed by atoms with E-state index in [1.807, 2.05) is 32.0 Å². The van der Waals surface area contributed by atoms with Crippen molar-refractivity contribution in [1.82, 2.24) is 0 Å². The van der Waals surface area contributed by atoms with Crippen molar-refractivity contribution in [3.63, 3.8) is 0 Å². The third-order valence-corrected chi connectivity index (χ3v) is 4.21. The van der Waals surface area contributed by atoms with Gasteiger partial charge in [0.1, 0.15) is 0 Å². The Labute approximate surface area is 146 Å². The highest BCUT2D eigenvalue weighted by Crippen LogP contribution is 2.32. The Morgan fingerprint density at radius 3 is 2.56 bits per heavy atom. The maximum absolute atomic E-state index is 12.5. The first kappa shape index (κ1) is 17.0. The topological polar surface area (TPSA) is 61.8 Å². The summed E-state index contributed by atoms with van der Waals surface area (Å²) in [4.78, 5) is 24.7. The standard InChI is InChI=1S/C20H20O5/c1-3-13-5-6-14(4-2)16(9-13)17(21)11-23-20(22)15-7-8-18-19(10-15)25-12-24-18/h5-10H,3-4,11-12H2,1-2H3. The molecule has 2 aromatic carbocycles. The van der Waals surface area contributed by atoms with Crippen LogP contribution in [0.4, 0.5) is 0 Å². The molecule has 0 N–H and O–H groups in total. The van der Waals surface area contributed by atoms with E-state index in [4.69, 9.17) is 14.2 Å². The van der Waals surface area contributed by atoms with E-state index < -0.39 is 5.97 Å². The molecule has 25 heavy (non-hydrogen) atoms. The van der Waals surface area contributed by atoms with Gasteiger partial charge in [0, 0.05) is 5.56 Å². The highest BCUT2D eigenvalue weighted by molar-refractivity contribution is 6.00. The molecule has 3 rings (SSSR count). The number of esters is 1. The van der Waals surface area contributed by atoms with Crippen LogP contribution in [-0.2, 0) is 17.6 Å². The second-order valence-electron chi connectivity index (χ2n) is 5.77. The number of fused-ring (bicyclic) bond motifs is 1. The third kappa shape index (κ3) is 3.65. The zero-order chi connectivity index (χ0) is 17.8. The average molecular weight is 340 g/mol. The number of ether oxygens (including phenoxy) is 3. The molecule has 0 saturated heterocycles. The Bertz CT molecular complexity index is 810. The van der Waals surface area contributed by atoms with Crippen molar-refractivity contribution >= 4 is 11.8 Å². The lowest BCUT2D eigenvalue weighted by Crippen LogP contribution is -2.16. The van der Waals surface area contributed by atoms with Crippen LogP contribution in [-0.4, -0.2) is 25.2 Å². The van der Waals surface area contributed by atoms with E-state index in [1.54, 1.807) is 18.2 Å². The van der Waals surface area contributed by atoms with Crippen LogP contribution in [0.2, 0.25) is 0 Å². The molecule has 5 nitrogen and oxygen atoms in total. The molecular weight excluding hydrogens is 320 g/mol. The van der Waals surface area contributed by atoms with E-state index in [9.17, 15) is 9.59 Å². The smallest absolute Gasteiger partial charge is 0.338 e. The Morgan fingerprint density at radius 1 is 1.00 bits per heavy atom. The second-order valence-corrected chi connectivity index (χ2v) is 5.77. The van der Waals surface area contributed by atoms with Crippen molar-refractivity contribution in [1.29, 1.82) is 0 Å². The molecule has 0 amide bonds. The lowest BCUT2D eigenvalue weighted by atomic mass is 9.98. The van der Waals surface area contributed by atoms with E-state index >= 15 is 0 Å². The van der Waals surface area contributed by atoms with Gasteiger partial charge in [-0.2, -0.15) is 0 Å². The number of carbonyl (C=O) groups is 2. The molecule has 0 fully saturated rings. The zero-order valence-corrected chi connectivity index (χ0v) is 14.3. The summed E-state index contributed by atoms with van der Waals surface area (Å²) >= 11 is 0. The van der Waals surface area contributed by atoms with Crippen molar-refractivity contribution in [3.05, 3.63) is 58.7 Å². The minimum absolute atomic E-state index is 0.139. The summed E-state index contributed by atoms with van der Waals surface area (Å²) in [6.45, 7) is 3.89. The first-order chi connectivity index (χ1) is 12.1. The number of hydrogen-bond donors (Lipinski definition) is 0. The zero-order valence-electron chi connectivity index (χ0n) is 14.3. The average Bonchev–Trinajstić information content (AvgIpc) is 3.12. The van der Waals surface area contributed by atoms with Gasteiger partial charge in [0.2, 0.25) is 12.6 Å². The molecule has 0 bridgehead atoms. The molecule has 0 spiro atoms. The van der Waals surface area contributed by atoms with Gasteiger partial charge in [-0.1, -0.05) is 26.0 Å². The molecule has 130 valence electrons. The van der Waals surface area contributed by atoms with Crippen molar-refractivity contribution in [2.45, 2.75) is 26.7 Å². The highest BCUT2D eigenvalue weighted by atomic mass is 16.7. The number of ketones is 1. The molecule has 0 unspecified atom stereocenters. The van der Waals surface area contributed by atoms with Gasteiger partial charge < -0.3 is 14.2 Å². The van der Waals surface area contributed by atoms with Crippen LogP contribution >= 0.6 is 0 Å². The molecule has 1 aliphatic rings. The van der Waals surface area contributed by atoms with Gasteiger partial charge >= 0.3 is 5.97 Å². The van der Waals surface area contributed by atoms with Gasteiger partial charge in [-0.05, 0) is 48.2 Å². The normalized spacial score (nSPS) is 12.1. The fraction of sp³-hybridized carbons (Fsp3) is 0.300. The highest BCUT2D eigenvalue weighted by Gasteiger charge is 2.19. The summed E-state index contributed by atoms with van der Waals surface area (Å²) < 4.78 is 15.6. The summed E-state index contributed by atoms with van der Waals surface area (Å²) in [5.74, 6) is 0.346. The largest absolute Gasteiger partial charge is 0.454 e. The van der Waals surface area contributed by atoms with Gasteiger partial charge in [0.25, 0.3) is 0 Å². The van der Waals surface area contributed by atoms with Crippen LogP contribution in [0, 0.1) is 0 Å². The molecule has 1 aliphatic heterocycles. The molecular formula is C20H20O5. The molecule has 0 aromatic heterocycles. The predicted molar refractivity (Wildman–Crippen MR) is 92.4 cm³/mol. The summed E-state index contributed by atoms with van der Waals surface area (Å²) in [5, 5.41) is 0. The molecule has 1 heterocycles. The molecule has 0 saturated carbocycles. The van der Waals surface area contributed by atoms with Gasteiger partial charge in [-0.25, -0.2) is 4.79 Å². The Hall–Kier alpha value is -2.82. The summed E-state index contributed by atoms with van der Waals surface area (Å²) in [6, 6.07) is 10.7. The fourth-order valence-electron chi connectivity index (χ4n) is 2.73. The van der Waals surface area contributed by atoms with Crippen molar-refractivity contribution in [2.24, 2.45) is 0 Å². The van der Waals surface area contributed by atoms with Crippen molar-refractivity contribution in [3.8, 4) is 11.5 Å². The van der Waals surface area contributed by atoms with Gasteiger partial charge in [-0.3, -0.25) is 4.79 Å². The first-order valence-electron chi connectivity index (χ1n) is 8.34. The van der Waals surface area contributed by atoms with Crippen LogP contribution in [0.25, 0.3) is 0 Å². The fourth-order valence-corrected chi connectivity index (χ4v) is 2.73. The van der Waals surface area contributed by atoms with E-state index in [1.165, 1.54) is 0 Å². The summed E-state index contributed by atoms with van der Waals surface area (Å²) in [7, 11) is 0. The van der Waals surface area contributed by atoms with Gasteiger partial charge in [0.05, 0.1) is 5.56 Å². The van der Waals surface area contributed by atoms with E-state index in [0.29, 0.717) is 22.6 Å². The number of hydrogen-bond acceptors (Lipinski definition) is 5. The number of benzene rings is 2. The molecule has 5 heteroatoms. The van der Waals surface area contributed by atoms with Crippen molar-refractivity contribution < 1.29 is 23.8 Å². The second kappa shape index (κ2) is 7.38. The predicted octanol–water partition coefficient (Wildman–Crippen LogP) is 3.58. The van der Waals surface area contributed by atoms with Gasteiger partial charge in [0.15, 0.2) is 18.1 Å². The van der Waals surface area contributed by atoms with E-state index in [0.717, 1.165) is 24.0 Å². The lowest BCUT2D eigenvalue weighted by molar-refractivity contribution is 0.0474. The number of aryl methyl sites for hydroxylation is 2. The molecule has 2 aromatic rings. The monoisotopic (exact) mass is 340 g/mol.